The molecule has 0 aliphatic heterocycles. The number of carbonyl (C=O) groups excluding carboxylic acids is 1. The number of aromatic nitrogens is 2. The molecule has 1 heterocycles. The minimum atomic E-state index is -0.373. The van der Waals surface area contributed by atoms with E-state index in [0.717, 1.165) is 11.1 Å². The molecule has 0 spiro atoms. The number of ether oxygens (including phenoxy) is 1. The fourth-order valence-corrected chi connectivity index (χ4v) is 2.10. The normalized spacial score (nSPS) is 10.8. The van der Waals surface area contributed by atoms with Crippen LogP contribution < -0.4 is 5.73 Å². The van der Waals surface area contributed by atoms with Gasteiger partial charge < -0.3 is 15.5 Å². The molecule has 0 saturated carbocycles. The third-order valence-electron chi connectivity index (χ3n) is 3.02. The van der Waals surface area contributed by atoms with Gasteiger partial charge in [-0.2, -0.15) is 0 Å². The molecule has 26 heavy (non-hydrogen) atoms. The smallest absolute Gasteiger partial charge is 0.340 e. The van der Waals surface area contributed by atoms with Crippen molar-refractivity contribution in [1.82, 2.24) is 9.97 Å². The number of carbonyl (C=O) groups is 1. The Labute approximate surface area is 156 Å². The fourth-order valence-electron chi connectivity index (χ4n) is 2.10. The number of nitrogens with zero attached hydrogens (tertiary/aromatic N) is 1. The molecule has 0 saturated heterocycles. The molecule has 0 bridgehead atoms. The summed E-state index contributed by atoms with van der Waals surface area (Å²) in [6.07, 6.45) is 8.38. The summed E-state index contributed by atoms with van der Waals surface area (Å²) in [4.78, 5) is 19.7. The number of nitrogens with two attached hydrogens (primary N) is 1. The maximum Gasteiger partial charge on any atom is 0.340 e. The van der Waals surface area contributed by atoms with Crippen LogP contribution in [0.4, 0.5) is 0 Å². The van der Waals surface area contributed by atoms with Crippen molar-refractivity contribution in [1.29, 1.82) is 0 Å². The summed E-state index contributed by atoms with van der Waals surface area (Å²) < 4.78 is 5.06. The molecule has 1 aromatic carbocycles. The lowest BCUT2D eigenvalue weighted by Crippen LogP contribution is -2.05. The van der Waals surface area contributed by atoms with Crippen LogP contribution in [0.25, 0.3) is 16.6 Å². The number of allylic oxidation sites excluding steroid dienone is 4. The number of benzene rings is 1. The Bertz CT molecular complexity index is 804. The van der Waals surface area contributed by atoms with Crippen LogP contribution in [0.2, 0.25) is 0 Å². The Morgan fingerprint density at radius 2 is 2.04 bits per heavy atom. The fraction of sp³-hybridized carbons (Fsp3) is 0.333. The summed E-state index contributed by atoms with van der Waals surface area (Å²) >= 11 is 0. The number of hydrogen-bond donors (Lipinski definition) is 2. The maximum atomic E-state index is 12.0. The Morgan fingerprint density at radius 1 is 1.42 bits per heavy atom. The maximum absolute atomic E-state index is 12.0. The number of rotatable bonds is 4. The molecule has 2 rings (SSSR count). The number of esters is 1. The van der Waals surface area contributed by atoms with Crippen LogP contribution in [0.15, 0.2) is 36.0 Å². The van der Waals surface area contributed by atoms with Gasteiger partial charge in [-0.05, 0) is 39.8 Å². The van der Waals surface area contributed by atoms with Crippen molar-refractivity contribution in [2.45, 2.75) is 41.5 Å². The Hall–Kier alpha value is -3.00. The second-order valence-electron chi connectivity index (χ2n) is 4.89. The second-order valence-corrected chi connectivity index (χ2v) is 4.89. The molecule has 0 aliphatic carbocycles. The van der Waals surface area contributed by atoms with E-state index in [-0.39, 0.29) is 5.97 Å². The first-order chi connectivity index (χ1) is 12.5. The van der Waals surface area contributed by atoms with E-state index in [1.54, 1.807) is 26.0 Å². The largest absolute Gasteiger partial charge is 0.462 e. The van der Waals surface area contributed by atoms with Gasteiger partial charge in [-0.1, -0.05) is 32.1 Å². The summed E-state index contributed by atoms with van der Waals surface area (Å²) in [5, 5.41) is 0. The van der Waals surface area contributed by atoms with Gasteiger partial charge in [0, 0.05) is 11.3 Å². The molecule has 0 unspecified atom stereocenters. The molecule has 0 amide bonds. The number of para-hydroxylation sites is 1. The van der Waals surface area contributed by atoms with Crippen molar-refractivity contribution in [2.75, 3.05) is 6.61 Å². The predicted molar refractivity (Wildman–Crippen MR) is 110 cm³/mol. The van der Waals surface area contributed by atoms with Crippen molar-refractivity contribution < 1.29 is 9.53 Å². The summed E-state index contributed by atoms with van der Waals surface area (Å²) in [5.41, 5.74) is 9.18. The molecule has 0 atom stereocenters. The highest BCUT2D eigenvalue weighted by Gasteiger charge is 2.15. The Balaban J connectivity index is 0.00000113. The molecule has 3 N–H and O–H groups in total. The number of aromatic amines is 1. The van der Waals surface area contributed by atoms with E-state index in [1.807, 2.05) is 45.9 Å². The highest BCUT2D eigenvalue weighted by Crippen LogP contribution is 2.22. The van der Waals surface area contributed by atoms with Gasteiger partial charge in [-0.25, -0.2) is 9.78 Å². The van der Waals surface area contributed by atoms with Gasteiger partial charge in [0.1, 0.15) is 11.3 Å². The number of nitrogens with one attached hydrogen (secondary N) is 1. The van der Waals surface area contributed by atoms with Crippen LogP contribution >= 0.6 is 0 Å². The Kier molecular flexibility index (Phi) is 10.9. The predicted octanol–water partition coefficient (Wildman–Crippen LogP) is 4.67. The second kappa shape index (κ2) is 12.4. The molecule has 5 heteroatoms. The molecule has 140 valence electrons. The van der Waals surface area contributed by atoms with Crippen molar-refractivity contribution in [3.8, 4) is 12.3 Å². The number of hydrogen-bond acceptors (Lipinski definition) is 4. The standard InChI is InChI=1S/C16H19N3O2.C3H4.C2H6/c1-4-7-11(10(3)17)15-18-13-9-6-8-12(14(13)19-15)16(20)21-5-2;1-3-2;1-2/h4,6-9H,5,17H2,1-3H3,(H,18,19);1H,2H3;1-2H3/b7-4-,11-10-;;. The van der Waals surface area contributed by atoms with Gasteiger partial charge in [0.15, 0.2) is 0 Å². The minimum Gasteiger partial charge on any atom is -0.462 e. The van der Waals surface area contributed by atoms with Crippen molar-refractivity contribution >= 4 is 22.6 Å². The molecule has 1 aromatic heterocycles. The van der Waals surface area contributed by atoms with Crippen LogP contribution in [0.3, 0.4) is 0 Å². The topological polar surface area (TPSA) is 81.0 Å². The van der Waals surface area contributed by atoms with E-state index in [9.17, 15) is 4.79 Å². The molecule has 0 aliphatic rings. The SMILES string of the molecule is C#CC.C/C=C\C(=C(/C)N)c1nc2c(C(=O)OCC)cccc2[nH]1.CC. The molecule has 5 nitrogen and oxygen atoms in total. The average molecular weight is 355 g/mol. The summed E-state index contributed by atoms with van der Waals surface area (Å²) in [6.45, 7) is 11.5. The van der Waals surface area contributed by atoms with Gasteiger partial charge in [0.2, 0.25) is 0 Å². The van der Waals surface area contributed by atoms with Crippen LogP contribution in [0.1, 0.15) is 57.7 Å². The zero-order chi connectivity index (χ0) is 20.1. The van der Waals surface area contributed by atoms with Crippen molar-refractivity contribution in [2.24, 2.45) is 5.73 Å². The number of imidazole rings is 1. The number of H-pyrrole nitrogens is 1. The molecular weight excluding hydrogens is 326 g/mol. The summed E-state index contributed by atoms with van der Waals surface area (Å²) in [7, 11) is 0. The zero-order valence-electron chi connectivity index (χ0n) is 16.5. The minimum absolute atomic E-state index is 0.331. The summed E-state index contributed by atoms with van der Waals surface area (Å²) in [5.74, 6) is 2.52. The van der Waals surface area contributed by atoms with Gasteiger partial charge in [-0.3, -0.25) is 0 Å². The van der Waals surface area contributed by atoms with Crippen LogP contribution in [-0.2, 0) is 4.74 Å². The van der Waals surface area contributed by atoms with E-state index in [2.05, 4.69) is 22.3 Å². The highest BCUT2D eigenvalue weighted by molar-refractivity contribution is 6.02. The van der Waals surface area contributed by atoms with Crippen molar-refractivity contribution in [3.05, 3.63) is 47.4 Å². The number of fused-ring (bicyclic) bond motifs is 1. The third kappa shape index (κ3) is 6.14. The van der Waals surface area contributed by atoms with E-state index in [1.165, 1.54) is 0 Å². The first kappa shape index (κ1) is 23.0. The third-order valence-corrected chi connectivity index (χ3v) is 3.02. The average Bonchev–Trinajstić information content (AvgIpc) is 3.05. The van der Waals surface area contributed by atoms with Crippen molar-refractivity contribution in [3.63, 3.8) is 0 Å². The first-order valence-corrected chi connectivity index (χ1v) is 8.62. The van der Waals surface area contributed by atoms with Gasteiger partial charge in [0.05, 0.1) is 17.7 Å². The quantitative estimate of drug-likeness (QED) is 0.474. The summed E-state index contributed by atoms with van der Waals surface area (Å²) in [6, 6.07) is 5.37. The Morgan fingerprint density at radius 3 is 2.54 bits per heavy atom. The van der Waals surface area contributed by atoms with Gasteiger partial charge >= 0.3 is 5.97 Å². The molecule has 0 radical (unpaired) electrons. The van der Waals surface area contributed by atoms with E-state index in [0.29, 0.717) is 29.2 Å². The first-order valence-electron chi connectivity index (χ1n) is 8.62. The molecular formula is C21H29N3O2. The van der Waals surface area contributed by atoms with Gasteiger partial charge in [-0.15, -0.1) is 12.3 Å². The highest BCUT2D eigenvalue weighted by atomic mass is 16.5. The van der Waals surface area contributed by atoms with Crippen LogP contribution in [0.5, 0.6) is 0 Å². The van der Waals surface area contributed by atoms with E-state index < -0.39 is 0 Å². The lowest BCUT2D eigenvalue weighted by molar-refractivity contribution is 0.0528. The lowest BCUT2D eigenvalue weighted by atomic mass is 10.2. The molecule has 0 fully saturated rings. The molecule has 2 aromatic rings. The van der Waals surface area contributed by atoms with Gasteiger partial charge in [0.25, 0.3) is 0 Å². The zero-order valence-corrected chi connectivity index (χ0v) is 16.5. The van der Waals surface area contributed by atoms with Crippen LogP contribution in [-0.4, -0.2) is 22.5 Å². The van der Waals surface area contributed by atoms with E-state index in [4.69, 9.17) is 10.5 Å². The monoisotopic (exact) mass is 355 g/mol. The lowest BCUT2D eigenvalue weighted by Gasteiger charge is -2.01. The number of terminal acetylenes is 1. The van der Waals surface area contributed by atoms with E-state index >= 15 is 0 Å². The van der Waals surface area contributed by atoms with Crippen LogP contribution in [0, 0.1) is 12.3 Å².